The van der Waals surface area contributed by atoms with Gasteiger partial charge in [0.1, 0.15) is 41.9 Å². The Bertz CT molecular complexity index is 1730. The zero-order valence-electron chi connectivity index (χ0n) is 38.1. The molecule has 1 aromatic heterocycles. The number of aliphatic hydroxyl groups excluding tert-OH is 2. The average molecular weight is 882 g/mol. The number of ether oxygens (including phenoxy) is 7. The van der Waals surface area contributed by atoms with E-state index in [0.29, 0.717) is 38.2 Å². The van der Waals surface area contributed by atoms with Crippen LogP contribution in [0.4, 0.5) is 4.79 Å². The molecule has 6 heterocycles. The van der Waals surface area contributed by atoms with Gasteiger partial charge in [0.25, 0.3) is 0 Å². The van der Waals surface area contributed by atoms with Crippen molar-refractivity contribution >= 4 is 17.8 Å². The molecule has 0 aliphatic carbocycles. The standard InChI is InChI=1S/C43H71N5O14/c1-12-30-43(9,55)36-24(5)32(49)21(2)16-41(7,54)37(34(61-36)31(23(4)38(52)60-30)29-17-42(8,56-11)35(51)25(6)58-29)62-39-33(50)28(15-22(3)57-39)47(10)14-13-26-19-48(46-45-26)20-27-18-44-40(53)59-27/h19,21-25,27-31,33-37,39,50-51,54-55H,12-18,20H2,1-11H3,(H,44,53)/t21-,22-,23-,24+,25+,27-,28+,29-,30-,31?,33-,34+,35+,36-,37-,39+,41-,42-,43-/m1/s1. The van der Waals surface area contributed by atoms with Gasteiger partial charge in [-0.15, -0.1) is 5.10 Å². The van der Waals surface area contributed by atoms with E-state index in [0.717, 1.165) is 0 Å². The van der Waals surface area contributed by atoms with E-state index in [9.17, 15) is 34.8 Å². The molecule has 5 fully saturated rings. The maximum absolute atomic E-state index is 14.4. The predicted octanol–water partition coefficient (Wildman–Crippen LogP) is 1.14. The molecule has 19 heteroatoms. The minimum absolute atomic E-state index is 0.0865. The predicted molar refractivity (Wildman–Crippen MR) is 219 cm³/mol. The Morgan fingerprint density at radius 2 is 1.71 bits per heavy atom. The van der Waals surface area contributed by atoms with Crippen LogP contribution in [0.25, 0.3) is 0 Å². The van der Waals surface area contributed by atoms with E-state index < -0.39 is 120 Å². The highest BCUT2D eigenvalue weighted by Crippen LogP contribution is 2.47. The molecule has 0 saturated carbocycles. The van der Waals surface area contributed by atoms with Gasteiger partial charge in [-0.05, 0) is 60.9 Å². The van der Waals surface area contributed by atoms with Crippen LogP contribution in [0.5, 0.6) is 0 Å². The van der Waals surface area contributed by atoms with Crippen molar-refractivity contribution in [3.63, 3.8) is 0 Å². The second-order valence-corrected chi connectivity index (χ2v) is 19.4. The second kappa shape index (κ2) is 18.9. The molecule has 5 aliphatic heterocycles. The third kappa shape index (κ3) is 9.86. The summed E-state index contributed by atoms with van der Waals surface area (Å²) in [4.78, 5) is 42.1. The molecule has 2 bridgehead atoms. The number of carbonyl (C=O) groups is 3. The van der Waals surface area contributed by atoms with Gasteiger partial charge in [-0.3, -0.25) is 9.59 Å². The van der Waals surface area contributed by atoms with Crippen LogP contribution in [-0.4, -0.2) is 176 Å². The molecule has 5 N–H and O–H groups in total. The molecular formula is C43H71N5O14. The Hall–Kier alpha value is -2.85. The van der Waals surface area contributed by atoms with Gasteiger partial charge in [0, 0.05) is 56.5 Å². The lowest BCUT2D eigenvalue weighted by atomic mass is 9.72. The summed E-state index contributed by atoms with van der Waals surface area (Å²) in [6.07, 6.45) is -8.52. The first kappa shape index (κ1) is 48.6. The average Bonchev–Trinajstić information content (AvgIpc) is 3.85. The summed E-state index contributed by atoms with van der Waals surface area (Å²) in [7, 11) is 3.38. The number of ketones is 1. The molecule has 1 aromatic rings. The molecule has 5 saturated heterocycles. The number of hydrogen-bond donors (Lipinski definition) is 5. The highest BCUT2D eigenvalue weighted by molar-refractivity contribution is 5.83. The number of rotatable bonds is 11. The zero-order chi connectivity index (χ0) is 45.6. The maximum Gasteiger partial charge on any atom is 0.407 e. The highest BCUT2D eigenvalue weighted by atomic mass is 16.7. The number of Topliss-reactive ketones (excluding diaryl/α,β-unsaturated/α-hetero) is 1. The topological polar surface area (TPSA) is 243 Å². The van der Waals surface area contributed by atoms with Gasteiger partial charge in [0.2, 0.25) is 0 Å². The molecule has 6 rings (SSSR count). The Morgan fingerprint density at radius 1 is 1.00 bits per heavy atom. The van der Waals surface area contributed by atoms with Gasteiger partial charge in [-0.1, -0.05) is 32.9 Å². The third-order valence-corrected chi connectivity index (χ3v) is 14.4. The number of cyclic esters (lactones) is 2. The second-order valence-electron chi connectivity index (χ2n) is 19.4. The van der Waals surface area contributed by atoms with Crippen molar-refractivity contribution in [2.24, 2.45) is 23.7 Å². The number of amides is 1. The summed E-state index contributed by atoms with van der Waals surface area (Å²) in [5.74, 6) is -4.55. The van der Waals surface area contributed by atoms with E-state index in [4.69, 9.17) is 33.2 Å². The lowest BCUT2D eigenvalue weighted by molar-refractivity contribution is -0.320. The first-order valence-electron chi connectivity index (χ1n) is 22.3. The number of likely N-dealkylation sites (N-methyl/N-ethyl adjacent to an activating group) is 1. The van der Waals surface area contributed by atoms with Gasteiger partial charge in [-0.25, -0.2) is 9.48 Å². The molecule has 0 spiro atoms. The summed E-state index contributed by atoms with van der Waals surface area (Å²) >= 11 is 0. The summed E-state index contributed by atoms with van der Waals surface area (Å²) in [5, 5.41) is 59.7. The van der Waals surface area contributed by atoms with Crippen LogP contribution in [0.1, 0.15) is 93.7 Å². The number of nitrogens with zero attached hydrogens (tertiary/aromatic N) is 4. The van der Waals surface area contributed by atoms with Crippen molar-refractivity contribution in [1.82, 2.24) is 25.2 Å². The molecule has 1 amide bonds. The number of aromatic nitrogens is 3. The number of esters is 1. The largest absolute Gasteiger partial charge is 0.459 e. The monoisotopic (exact) mass is 881 g/mol. The van der Waals surface area contributed by atoms with Crippen LogP contribution >= 0.6 is 0 Å². The maximum atomic E-state index is 14.4. The van der Waals surface area contributed by atoms with Crippen molar-refractivity contribution in [2.45, 2.75) is 191 Å². The molecule has 352 valence electrons. The Kier molecular flexibility index (Phi) is 14.8. The first-order valence-corrected chi connectivity index (χ1v) is 22.3. The van der Waals surface area contributed by atoms with Crippen LogP contribution in [0.15, 0.2) is 6.20 Å². The van der Waals surface area contributed by atoms with E-state index in [1.54, 1.807) is 59.3 Å². The molecule has 1 unspecified atom stereocenters. The van der Waals surface area contributed by atoms with Crippen molar-refractivity contribution in [3.8, 4) is 0 Å². The summed E-state index contributed by atoms with van der Waals surface area (Å²) in [5.41, 5.74) is -4.16. The smallest absolute Gasteiger partial charge is 0.407 e. The number of nitrogens with one attached hydrogen (secondary N) is 1. The van der Waals surface area contributed by atoms with Crippen molar-refractivity contribution in [2.75, 3.05) is 27.2 Å². The zero-order valence-corrected chi connectivity index (χ0v) is 38.1. The van der Waals surface area contributed by atoms with E-state index in [-0.39, 0.29) is 31.1 Å². The Balaban J connectivity index is 1.36. The molecule has 5 aliphatic rings. The summed E-state index contributed by atoms with van der Waals surface area (Å²) in [6, 6.07) is -0.485. The fraction of sp³-hybridized carbons (Fsp3) is 0.884. The van der Waals surface area contributed by atoms with E-state index in [1.807, 2.05) is 18.9 Å². The molecule has 62 heavy (non-hydrogen) atoms. The van der Waals surface area contributed by atoms with Gasteiger partial charge in [0.15, 0.2) is 6.29 Å². The minimum Gasteiger partial charge on any atom is -0.459 e. The van der Waals surface area contributed by atoms with Crippen LogP contribution in [0.3, 0.4) is 0 Å². The van der Waals surface area contributed by atoms with Crippen molar-refractivity contribution < 1.29 is 68.0 Å². The summed E-state index contributed by atoms with van der Waals surface area (Å²) in [6.45, 7) is 16.4. The molecule has 0 aromatic carbocycles. The van der Waals surface area contributed by atoms with Crippen molar-refractivity contribution in [3.05, 3.63) is 11.9 Å². The fourth-order valence-electron chi connectivity index (χ4n) is 10.6. The van der Waals surface area contributed by atoms with Crippen LogP contribution in [0, 0.1) is 23.7 Å². The summed E-state index contributed by atoms with van der Waals surface area (Å²) < 4.78 is 45.8. The molecule has 19 nitrogen and oxygen atoms in total. The highest BCUT2D eigenvalue weighted by Gasteiger charge is 2.60. The number of methoxy groups -OCH3 is 1. The van der Waals surface area contributed by atoms with E-state index >= 15 is 0 Å². The van der Waals surface area contributed by atoms with Crippen LogP contribution in [-0.2, 0) is 55.7 Å². The van der Waals surface area contributed by atoms with Gasteiger partial charge >= 0.3 is 12.1 Å². The fourth-order valence-corrected chi connectivity index (χ4v) is 10.6. The number of carbonyl (C=O) groups excluding carboxylic acids is 3. The Labute approximate surface area is 364 Å². The van der Waals surface area contributed by atoms with Crippen LogP contribution in [0.2, 0.25) is 0 Å². The number of alkyl carbamates (subject to hydrolysis) is 1. The first-order chi connectivity index (χ1) is 29.0. The SMILES string of the molecule is CC[C@H]1OC(=O)[C@H](C)C([C@H]2C[C@@](C)(OC)[C@@H](O)[C@H](C)O2)[C@@H]2O[C@H]([C@@H](C)C(=O)[C@H](C)C[C@@](C)(O)[C@@H]2O[C@@H]2O[C@H](C)C[C@H](N(C)CCc3cn(C[C@H]4CNC(=O)O4)nn3)[C@H]2O)[C@]1(C)O. The quantitative estimate of drug-likeness (QED) is 0.196. The third-order valence-electron chi connectivity index (χ3n) is 14.4. The normalized spacial score (nSPS) is 45.8. The van der Waals surface area contributed by atoms with Gasteiger partial charge < -0.3 is 63.8 Å². The lowest BCUT2D eigenvalue weighted by Crippen LogP contribution is -2.65. The van der Waals surface area contributed by atoms with Crippen molar-refractivity contribution in [1.29, 1.82) is 0 Å². The molecule has 19 atom stereocenters. The molecular weight excluding hydrogens is 810 g/mol. The Morgan fingerprint density at radius 3 is 2.35 bits per heavy atom. The van der Waals surface area contributed by atoms with E-state index in [2.05, 4.69) is 15.6 Å². The van der Waals surface area contributed by atoms with E-state index in [1.165, 1.54) is 14.0 Å². The lowest BCUT2D eigenvalue weighted by Gasteiger charge is -2.52. The number of fused-ring (bicyclic) bond motifs is 2. The minimum atomic E-state index is -1.89. The van der Waals surface area contributed by atoms with Crippen LogP contribution < -0.4 is 5.32 Å². The number of aliphatic hydroxyl groups is 4. The number of hydrogen-bond acceptors (Lipinski definition) is 17. The van der Waals surface area contributed by atoms with Gasteiger partial charge in [-0.2, -0.15) is 0 Å². The molecule has 0 radical (unpaired) electrons. The van der Waals surface area contributed by atoms with Gasteiger partial charge in [0.05, 0.1) is 66.4 Å².